The predicted molar refractivity (Wildman–Crippen MR) is 113 cm³/mol. The second kappa shape index (κ2) is 9.94. The largest absolute Gasteiger partial charge is 0.494 e. The van der Waals surface area contributed by atoms with Gasteiger partial charge in [0.1, 0.15) is 5.75 Å². The third kappa shape index (κ3) is 5.12. The minimum Gasteiger partial charge on any atom is -0.494 e. The van der Waals surface area contributed by atoms with Gasteiger partial charge in [-0.15, -0.1) is 0 Å². The Balaban J connectivity index is 1.60. The lowest BCUT2D eigenvalue weighted by Gasteiger charge is -2.38. The molecule has 0 radical (unpaired) electrons. The molecule has 0 bridgehead atoms. The summed E-state index contributed by atoms with van der Waals surface area (Å²) in [4.78, 5) is 15.4. The maximum atomic E-state index is 13.1. The molecule has 29 heavy (non-hydrogen) atoms. The van der Waals surface area contributed by atoms with E-state index in [0.29, 0.717) is 44.3 Å². The topological polar surface area (TPSA) is 66.9 Å². The van der Waals surface area contributed by atoms with Crippen molar-refractivity contribution in [3.8, 4) is 5.75 Å². The Bertz CT molecular complexity index is 765. The molecule has 6 nitrogen and oxygen atoms in total. The van der Waals surface area contributed by atoms with Gasteiger partial charge in [-0.25, -0.2) is 8.42 Å². The standard InChI is InChI=1S/C22H34N2O4S/c1-3-24(19-8-6-5-7-9-19)22(25)18-14-16-23(17-15-18)29(26,27)21-12-10-20(11-13-21)28-4-2/h10-13,18-19H,3-9,14-17H2,1-2H3. The summed E-state index contributed by atoms with van der Waals surface area (Å²) in [5.41, 5.74) is 0. The predicted octanol–water partition coefficient (Wildman–Crippen LogP) is 3.67. The highest BCUT2D eigenvalue weighted by Gasteiger charge is 2.35. The maximum Gasteiger partial charge on any atom is 0.243 e. The monoisotopic (exact) mass is 422 g/mol. The van der Waals surface area contributed by atoms with E-state index in [0.717, 1.165) is 19.4 Å². The smallest absolute Gasteiger partial charge is 0.243 e. The number of sulfonamides is 1. The van der Waals surface area contributed by atoms with E-state index in [-0.39, 0.29) is 16.7 Å². The Morgan fingerprint density at radius 3 is 2.21 bits per heavy atom. The number of rotatable bonds is 7. The normalized spacial score (nSPS) is 19.8. The highest BCUT2D eigenvalue weighted by Crippen LogP contribution is 2.29. The first kappa shape index (κ1) is 22.1. The van der Waals surface area contributed by atoms with Crippen LogP contribution in [0.1, 0.15) is 58.8 Å². The lowest BCUT2D eigenvalue weighted by Crippen LogP contribution is -2.48. The van der Waals surface area contributed by atoms with E-state index < -0.39 is 10.0 Å². The zero-order chi connectivity index (χ0) is 20.9. The zero-order valence-corrected chi connectivity index (χ0v) is 18.5. The molecule has 1 saturated heterocycles. The lowest BCUT2D eigenvalue weighted by atomic mass is 9.91. The van der Waals surface area contributed by atoms with E-state index in [1.807, 2.05) is 6.92 Å². The molecule has 1 amide bonds. The van der Waals surface area contributed by atoms with Crippen LogP contribution in [0.5, 0.6) is 5.75 Å². The number of carbonyl (C=O) groups excluding carboxylic acids is 1. The van der Waals surface area contributed by atoms with Gasteiger partial charge in [-0.1, -0.05) is 19.3 Å². The van der Waals surface area contributed by atoms with E-state index in [1.165, 1.54) is 23.6 Å². The van der Waals surface area contributed by atoms with Crippen molar-refractivity contribution in [3.05, 3.63) is 24.3 Å². The van der Waals surface area contributed by atoms with Gasteiger partial charge < -0.3 is 9.64 Å². The summed E-state index contributed by atoms with van der Waals surface area (Å²) >= 11 is 0. The molecular weight excluding hydrogens is 388 g/mol. The quantitative estimate of drug-likeness (QED) is 0.672. The summed E-state index contributed by atoms with van der Waals surface area (Å²) in [5, 5.41) is 0. The van der Waals surface area contributed by atoms with Gasteiger partial charge in [0, 0.05) is 31.6 Å². The SMILES string of the molecule is CCOc1ccc(S(=O)(=O)N2CCC(C(=O)N(CC)C3CCCCC3)CC2)cc1. The third-order valence-corrected chi connectivity index (χ3v) is 8.13. The van der Waals surface area contributed by atoms with Crippen LogP contribution in [0, 0.1) is 5.92 Å². The van der Waals surface area contributed by atoms with E-state index in [2.05, 4.69) is 11.8 Å². The molecule has 1 aromatic rings. The van der Waals surface area contributed by atoms with Crippen LogP contribution in [0.3, 0.4) is 0 Å². The summed E-state index contributed by atoms with van der Waals surface area (Å²) < 4.78 is 32.8. The van der Waals surface area contributed by atoms with Gasteiger partial charge in [-0.3, -0.25) is 4.79 Å². The average Bonchev–Trinajstić information content (AvgIpc) is 2.76. The van der Waals surface area contributed by atoms with Crippen LogP contribution in [0.4, 0.5) is 0 Å². The number of benzene rings is 1. The molecule has 1 heterocycles. The molecule has 3 rings (SSSR count). The second-order valence-corrected chi connectivity index (χ2v) is 9.94. The van der Waals surface area contributed by atoms with Crippen LogP contribution < -0.4 is 4.74 Å². The van der Waals surface area contributed by atoms with Gasteiger partial charge in [0.15, 0.2) is 0 Å². The molecule has 1 aliphatic heterocycles. The fourth-order valence-electron chi connectivity index (χ4n) is 4.59. The minimum atomic E-state index is -3.54. The molecule has 0 N–H and O–H groups in total. The number of carbonyl (C=O) groups is 1. The molecule has 1 saturated carbocycles. The lowest BCUT2D eigenvalue weighted by molar-refractivity contribution is -0.139. The molecule has 1 aromatic carbocycles. The molecule has 1 aliphatic carbocycles. The highest BCUT2D eigenvalue weighted by atomic mass is 32.2. The number of nitrogens with zero attached hydrogens (tertiary/aromatic N) is 2. The van der Waals surface area contributed by atoms with E-state index in [1.54, 1.807) is 24.3 Å². The van der Waals surface area contributed by atoms with Crippen molar-refractivity contribution in [2.24, 2.45) is 5.92 Å². The first-order valence-electron chi connectivity index (χ1n) is 11.0. The Kier molecular flexibility index (Phi) is 7.57. The van der Waals surface area contributed by atoms with Gasteiger partial charge in [-0.2, -0.15) is 4.31 Å². The van der Waals surface area contributed by atoms with Crippen molar-refractivity contribution < 1.29 is 17.9 Å². The van der Waals surface area contributed by atoms with Gasteiger partial charge in [0.25, 0.3) is 0 Å². The number of piperidine rings is 1. The summed E-state index contributed by atoms with van der Waals surface area (Å²) in [6, 6.07) is 6.94. The summed E-state index contributed by atoms with van der Waals surface area (Å²) in [5.74, 6) is 0.819. The molecule has 0 unspecified atom stereocenters. The number of hydrogen-bond acceptors (Lipinski definition) is 4. The van der Waals surface area contributed by atoms with E-state index >= 15 is 0 Å². The molecule has 2 aliphatic rings. The molecule has 0 spiro atoms. The van der Waals surface area contributed by atoms with Crippen LogP contribution in [0.2, 0.25) is 0 Å². The van der Waals surface area contributed by atoms with E-state index in [4.69, 9.17) is 4.74 Å². The van der Waals surface area contributed by atoms with Crippen molar-refractivity contribution in [3.63, 3.8) is 0 Å². The van der Waals surface area contributed by atoms with Crippen LogP contribution >= 0.6 is 0 Å². The van der Waals surface area contributed by atoms with Crippen LogP contribution in [-0.4, -0.2) is 55.8 Å². The van der Waals surface area contributed by atoms with Gasteiger partial charge >= 0.3 is 0 Å². The number of hydrogen-bond donors (Lipinski definition) is 0. The van der Waals surface area contributed by atoms with Crippen molar-refractivity contribution >= 4 is 15.9 Å². The first-order chi connectivity index (χ1) is 14.0. The molecule has 0 atom stereocenters. The Labute approximate surface area is 175 Å². The van der Waals surface area contributed by atoms with Gasteiger partial charge in [0.05, 0.1) is 11.5 Å². The van der Waals surface area contributed by atoms with Crippen LogP contribution in [0.15, 0.2) is 29.2 Å². The fraction of sp³-hybridized carbons (Fsp3) is 0.682. The second-order valence-electron chi connectivity index (χ2n) is 8.00. The van der Waals surface area contributed by atoms with Crippen molar-refractivity contribution in [2.75, 3.05) is 26.2 Å². The van der Waals surface area contributed by atoms with Crippen molar-refractivity contribution in [2.45, 2.75) is 69.7 Å². The Morgan fingerprint density at radius 2 is 1.66 bits per heavy atom. The summed E-state index contributed by atoms with van der Waals surface area (Å²) in [6.07, 6.45) is 7.07. The van der Waals surface area contributed by atoms with Crippen LogP contribution in [-0.2, 0) is 14.8 Å². The molecule has 162 valence electrons. The highest BCUT2D eigenvalue weighted by molar-refractivity contribution is 7.89. The Morgan fingerprint density at radius 1 is 1.03 bits per heavy atom. The molecule has 7 heteroatoms. The van der Waals surface area contributed by atoms with Gasteiger partial charge in [0.2, 0.25) is 15.9 Å². The first-order valence-corrected chi connectivity index (χ1v) is 12.4. The summed E-state index contributed by atoms with van der Waals surface area (Å²) in [6.45, 7) is 6.03. The van der Waals surface area contributed by atoms with Crippen molar-refractivity contribution in [1.82, 2.24) is 9.21 Å². The van der Waals surface area contributed by atoms with E-state index in [9.17, 15) is 13.2 Å². The molecule has 2 fully saturated rings. The zero-order valence-electron chi connectivity index (χ0n) is 17.7. The number of ether oxygens (including phenoxy) is 1. The minimum absolute atomic E-state index is 0.0661. The average molecular weight is 423 g/mol. The third-order valence-electron chi connectivity index (χ3n) is 6.21. The number of amides is 1. The van der Waals surface area contributed by atoms with Gasteiger partial charge in [-0.05, 0) is 63.8 Å². The maximum absolute atomic E-state index is 13.1. The van der Waals surface area contributed by atoms with Crippen LogP contribution in [0.25, 0.3) is 0 Å². The van der Waals surface area contributed by atoms with Crippen molar-refractivity contribution in [1.29, 1.82) is 0 Å². The fourth-order valence-corrected chi connectivity index (χ4v) is 6.06. The molecule has 0 aromatic heterocycles. The molecular formula is C22H34N2O4S. The Hall–Kier alpha value is -1.60. The summed E-state index contributed by atoms with van der Waals surface area (Å²) in [7, 11) is -3.54.